The molecule has 7 nitrogen and oxygen atoms in total. The molecule has 110 valence electrons. The standard InChI is InChI=1S/C13H18N2O5/c1-19-12-8-20-10(6-11(12)16)7-14-9-2-4-15(5-3-9)13(17)18/h6,8-9,14H,2-5,7H2,1H3,(H,17,18). The topological polar surface area (TPSA) is 92.0 Å². The molecular formula is C13H18N2O5. The van der Waals surface area contributed by atoms with Crippen molar-refractivity contribution in [1.29, 1.82) is 0 Å². The van der Waals surface area contributed by atoms with Crippen LogP contribution in [0.2, 0.25) is 0 Å². The summed E-state index contributed by atoms with van der Waals surface area (Å²) in [5.74, 6) is 0.722. The van der Waals surface area contributed by atoms with Crippen molar-refractivity contribution in [2.75, 3.05) is 20.2 Å². The third-order valence-corrected chi connectivity index (χ3v) is 3.40. The fraction of sp³-hybridized carbons (Fsp3) is 0.538. The van der Waals surface area contributed by atoms with Gasteiger partial charge in [-0.3, -0.25) is 4.79 Å². The maximum Gasteiger partial charge on any atom is 0.407 e. The lowest BCUT2D eigenvalue weighted by Crippen LogP contribution is -2.44. The van der Waals surface area contributed by atoms with E-state index < -0.39 is 6.09 Å². The van der Waals surface area contributed by atoms with Crippen molar-refractivity contribution in [1.82, 2.24) is 10.2 Å². The Bertz CT molecular complexity index is 520. The molecule has 1 saturated heterocycles. The zero-order valence-corrected chi connectivity index (χ0v) is 11.3. The number of carboxylic acid groups (broad SMARTS) is 1. The zero-order valence-electron chi connectivity index (χ0n) is 11.3. The first kappa shape index (κ1) is 14.4. The summed E-state index contributed by atoms with van der Waals surface area (Å²) in [5, 5.41) is 12.1. The number of ether oxygens (including phenoxy) is 1. The smallest absolute Gasteiger partial charge is 0.407 e. The van der Waals surface area contributed by atoms with Gasteiger partial charge in [0.15, 0.2) is 0 Å². The molecular weight excluding hydrogens is 264 g/mol. The Morgan fingerprint density at radius 2 is 2.25 bits per heavy atom. The van der Waals surface area contributed by atoms with Crippen LogP contribution in [0.4, 0.5) is 4.79 Å². The fourth-order valence-electron chi connectivity index (χ4n) is 2.20. The van der Waals surface area contributed by atoms with Gasteiger partial charge in [-0.25, -0.2) is 4.79 Å². The molecule has 0 atom stereocenters. The van der Waals surface area contributed by atoms with Gasteiger partial charge in [0.05, 0.1) is 13.7 Å². The number of piperidine rings is 1. The highest BCUT2D eigenvalue weighted by atomic mass is 16.5. The van der Waals surface area contributed by atoms with Gasteiger partial charge in [-0.2, -0.15) is 0 Å². The summed E-state index contributed by atoms with van der Waals surface area (Å²) in [5.41, 5.74) is -0.212. The van der Waals surface area contributed by atoms with Crippen LogP contribution in [-0.2, 0) is 6.54 Å². The van der Waals surface area contributed by atoms with Crippen molar-refractivity contribution in [3.63, 3.8) is 0 Å². The summed E-state index contributed by atoms with van der Waals surface area (Å²) in [6, 6.07) is 1.64. The molecule has 1 aliphatic rings. The van der Waals surface area contributed by atoms with E-state index in [4.69, 9.17) is 14.3 Å². The quantitative estimate of drug-likeness (QED) is 0.851. The summed E-state index contributed by atoms with van der Waals surface area (Å²) in [6.07, 6.45) is 1.94. The van der Waals surface area contributed by atoms with E-state index in [1.165, 1.54) is 24.3 Å². The van der Waals surface area contributed by atoms with Crippen LogP contribution in [0.5, 0.6) is 5.75 Å². The van der Waals surface area contributed by atoms with Gasteiger partial charge in [-0.1, -0.05) is 0 Å². The minimum absolute atomic E-state index is 0.184. The Hall–Kier alpha value is -2.02. The summed E-state index contributed by atoms with van der Waals surface area (Å²) >= 11 is 0. The van der Waals surface area contributed by atoms with Gasteiger partial charge in [-0.15, -0.1) is 0 Å². The van der Waals surface area contributed by atoms with Crippen LogP contribution < -0.4 is 15.5 Å². The van der Waals surface area contributed by atoms with Crippen LogP contribution in [0.25, 0.3) is 0 Å². The molecule has 0 unspecified atom stereocenters. The van der Waals surface area contributed by atoms with Crippen molar-refractivity contribution in [2.24, 2.45) is 0 Å². The minimum atomic E-state index is -0.871. The lowest BCUT2D eigenvalue weighted by molar-refractivity contribution is 0.128. The maximum atomic E-state index is 11.6. The van der Waals surface area contributed by atoms with E-state index >= 15 is 0 Å². The van der Waals surface area contributed by atoms with E-state index in [0.29, 0.717) is 25.4 Å². The summed E-state index contributed by atoms with van der Waals surface area (Å²) < 4.78 is 10.1. The highest BCUT2D eigenvalue weighted by Gasteiger charge is 2.21. The summed E-state index contributed by atoms with van der Waals surface area (Å²) in [4.78, 5) is 23.7. The molecule has 0 aliphatic carbocycles. The first-order valence-electron chi connectivity index (χ1n) is 6.47. The van der Waals surface area contributed by atoms with Crippen molar-refractivity contribution in [2.45, 2.75) is 25.4 Å². The molecule has 1 amide bonds. The van der Waals surface area contributed by atoms with E-state index in [-0.39, 0.29) is 17.2 Å². The van der Waals surface area contributed by atoms with Crippen LogP contribution in [0.1, 0.15) is 18.6 Å². The predicted molar refractivity (Wildman–Crippen MR) is 71.0 cm³/mol. The van der Waals surface area contributed by atoms with Gasteiger partial charge >= 0.3 is 6.09 Å². The normalized spacial score (nSPS) is 16.1. The lowest BCUT2D eigenvalue weighted by atomic mass is 10.1. The van der Waals surface area contributed by atoms with Gasteiger partial charge in [0, 0.05) is 25.2 Å². The zero-order chi connectivity index (χ0) is 14.5. The van der Waals surface area contributed by atoms with E-state index in [1.807, 2.05) is 0 Å². The van der Waals surface area contributed by atoms with Crippen molar-refractivity contribution >= 4 is 6.09 Å². The second kappa shape index (κ2) is 6.42. The highest BCUT2D eigenvalue weighted by molar-refractivity contribution is 5.65. The summed E-state index contributed by atoms with van der Waals surface area (Å²) in [7, 11) is 1.42. The third kappa shape index (κ3) is 3.51. The Labute approximate surface area is 116 Å². The first-order chi connectivity index (χ1) is 9.60. The van der Waals surface area contributed by atoms with Gasteiger partial charge < -0.3 is 24.5 Å². The first-order valence-corrected chi connectivity index (χ1v) is 6.47. The van der Waals surface area contributed by atoms with Crippen LogP contribution in [-0.4, -0.2) is 42.3 Å². The molecule has 0 bridgehead atoms. The number of methoxy groups -OCH3 is 1. The van der Waals surface area contributed by atoms with Crippen molar-refractivity contribution < 1.29 is 19.1 Å². The third-order valence-electron chi connectivity index (χ3n) is 3.40. The van der Waals surface area contributed by atoms with Crippen molar-refractivity contribution in [3.05, 3.63) is 28.3 Å². The number of amides is 1. The molecule has 0 aromatic carbocycles. The largest absolute Gasteiger partial charge is 0.490 e. The lowest BCUT2D eigenvalue weighted by Gasteiger charge is -2.30. The Balaban J connectivity index is 1.83. The summed E-state index contributed by atoms with van der Waals surface area (Å²) in [6.45, 7) is 1.50. The van der Waals surface area contributed by atoms with Crippen LogP contribution in [0.3, 0.4) is 0 Å². The Morgan fingerprint density at radius 1 is 1.55 bits per heavy atom. The Kier molecular flexibility index (Phi) is 4.62. The number of carbonyl (C=O) groups is 1. The molecule has 2 heterocycles. The maximum absolute atomic E-state index is 11.6. The van der Waals surface area contributed by atoms with E-state index in [9.17, 15) is 9.59 Å². The minimum Gasteiger partial charge on any atom is -0.490 e. The number of nitrogens with zero attached hydrogens (tertiary/aromatic N) is 1. The average molecular weight is 282 g/mol. The van der Waals surface area contributed by atoms with Gasteiger partial charge in [-0.05, 0) is 12.8 Å². The molecule has 0 radical (unpaired) electrons. The van der Waals surface area contributed by atoms with Gasteiger partial charge in [0.2, 0.25) is 11.2 Å². The second-order valence-electron chi connectivity index (χ2n) is 4.70. The van der Waals surface area contributed by atoms with E-state index in [1.54, 1.807) is 0 Å². The van der Waals surface area contributed by atoms with Crippen molar-refractivity contribution in [3.8, 4) is 5.75 Å². The van der Waals surface area contributed by atoms with E-state index in [0.717, 1.165) is 12.8 Å². The van der Waals surface area contributed by atoms with Gasteiger partial charge in [0.25, 0.3) is 0 Å². The predicted octanol–water partition coefficient (Wildman–Crippen LogP) is 0.880. The molecule has 1 aromatic heterocycles. The van der Waals surface area contributed by atoms with Crippen LogP contribution >= 0.6 is 0 Å². The molecule has 0 spiro atoms. The highest BCUT2D eigenvalue weighted by Crippen LogP contribution is 2.11. The average Bonchev–Trinajstić information content (AvgIpc) is 2.45. The number of likely N-dealkylation sites (tertiary alicyclic amines) is 1. The molecule has 1 fully saturated rings. The molecule has 20 heavy (non-hydrogen) atoms. The Morgan fingerprint density at radius 3 is 2.80 bits per heavy atom. The number of hydrogen-bond acceptors (Lipinski definition) is 5. The van der Waals surface area contributed by atoms with E-state index in [2.05, 4.69) is 5.32 Å². The van der Waals surface area contributed by atoms with Crippen LogP contribution in [0.15, 0.2) is 21.5 Å². The molecule has 7 heteroatoms. The SMILES string of the molecule is COc1coc(CNC2CCN(C(=O)O)CC2)cc1=O. The molecule has 1 aliphatic heterocycles. The molecule has 1 aromatic rings. The molecule has 2 N–H and O–H groups in total. The van der Waals surface area contributed by atoms with Crippen LogP contribution in [0, 0.1) is 0 Å². The number of nitrogens with one attached hydrogen (secondary N) is 1. The van der Waals surface area contributed by atoms with Gasteiger partial charge in [0.1, 0.15) is 12.0 Å². The molecule has 2 rings (SSSR count). The fourth-order valence-corrected chi connectivity index (χ4v) is 2.20. The number of rotatable bonds is 4. The second-order valence-corrected chi connectivity index (χ2v) is 4.70. The molecule has 0 saturated carbocycles. The monoisotopic (exact) mass is 282 g/mol. The number of hydrogen-bond donors (Lipinski definition) is 2.